The SMILES string of the molecule is CC1=C(C(=O)N2CCOCC2)C(c2ccc3c(c2)OCCO3)n2c(nc3ccccc32)N1. The fourth-order valence-electron chi connectivity index (χ4n) is 4.72. The van der Waals surface area contributed by atoms with Crippen LogP contribution in [-0.4, -0.2) is 59.9 Å². The van der Waals surface area contributed by atoms with E-state index < -0.39 is 0 Å². The van der Waals surface area contributed by atoms with E-state index in [2.05, 4.69) is 9.88 Å². The number of hydrogen-bond donors (Lipinski definition) is 1. The molecule has 8 nitrogen and oxygen atoms in total. The molecule has 1 fully saturated rings. The molecule has 1 N–H and O–H groups in total. The van der Waals surface area contributed by atoms with Gasteiger partial charge in [0.15, 0.2) is 11.5 Å². The molecule has 32 heavy (non-hydrogen) atoms. The molecule has 2 aromatic carbocycles. The number of carbonyl (C=O) groups excluding carboxylic acids is 1. The van der Waals surface area contributed by atoms with Crippen LogP contribution in [0, 0.1) is 0 Å². The van der Waals surface area contributed by atoms with Crippen molar-refractivity contribution in [1.82, 2.24) is 14.5 Å². The second-order valence-electron chi connectivity index (χ2n) is 8.17. The van der Waals surface area contributed by atoms with Crippen LogP contribution < -0.4 is 14.8 Å². The number of fused-ring (bicyclic) bond motifs is 4. The predicted octanol–water partition coefficient (Wildman–Crippen LogP) is 2.96. The van der Waals surface area contributed by atoms with Crippen molar-refractivity contribution in [3.05, 3.63) is 59.3 Å². The molecule has 1 unspecified atom stereocenters. The lowest BCUT2D eigenvalue weighted by Gasteiger charge is -2.35. The lowest BCUT2D eigenvalue weighted by Crippen LogP contribution is -2.44. The zero-order valence-electron chi connectivity index (χ0n) is 17.8. The molecule has 1 aromatic heterocycles. The van der Waals surface area contributed by atoms with Gasteiger partial charge in [0.1, 0.15) is 13.2 Å². The minimum Gasteiger partial charge on any atom is -0.486 e. The van der Waals surface area contributed by atoms with Crippen molar-refractivity contribution in [2.75, 3.05) is 44.8 Å². The number of aromatic nitrogens is 2. The lowest BCUT2D eigenvalue weighted by atomic mass is 9.93. The summed E-state index contributed by atoms with van der Waals surface area (Å²) in [5.41, 5.74) is 4.32. The summed E-state index contributed by atoms with van der Waals surface area (Å²) < 4.78 is 19.2. The number of rotatable bonds is 2. The molecular weight excluding hydrogens is 408 g/mol. The van der Waals surface area contributed by atoms with E-state index in [0.29, 0.717) is 50.8 Å². The smallest absolute Gasteiger partial charge is 0.254 e. The van der Waals surface area contributed by atoms with Gasteiger partial charge in [0.05, 0.1) is 35.9 Å². The molecule has 0 radical (unpaired) electrons. The molecule has 1 saturated heterocycles. The first kappa shape index (κ1) is 19.2. The van der Waals surface area contributed by atoms with Gasteiger partial charge in [-0.15, -0.1) is 0 Å². The highest BCUT2D eigenvalue weighted by molar-refractivity contribution is 5.98. The maximum absolute atomic E-state index is 13.8. The molecule has 1 amide bonds. The highest BCUT2D eigenvalue weighted by Crippen LogP contribution is 2.42. The number of ether oxygens (including phenoxy) is 3. The number of anilines is 1. The third-order valence-electron chi connectivity index (χ3n) is 6.24. The molecule has 0 spiro atoms. The zero-order valence-corrected chi connectivity index (χ0v) is 17.8. The molecule has 6 rings (SSSR count). The van der Waals surface area contributed by atoms with E-state index in [4.69, 9.17) is 19.2 Å². The highest BCUT2D eigenvalue weighted by atomic mass is 16.6. The van der Waals surface area contributed by atoms with Gasteiger partial charge in [-0.25, -0.2) is 4.98 Å². The van der Waals surface area contributed by atoms with Crippen LogP contribution in [0.15, 0.2) is 53.7 Å². The fourth-order valence-corrected chi connectivity index (χ4v) is 4.72. The number of para-hydroxylation sites is 2. The Kier molecular flexibility index (Phi) is 4.53. The normalized spacial score (nSPS) is 20.2. The number of amides is 1. The van der Waals surface area contributed by atoms with Crippen molar-refractivity contribution in [3.8, 4) is 11.5 Å². The van der Waals surface area contributed by atoms with Crippen molar-refractivity contribution < 1.29 is 19.0 Å². The molecule has 0 saturated carbocycles. The van der Waals surface area contributed by atoms with Gasteiger partial charge in [0.2, 0.25) is 5.95 Å². The number of nitrogens with one attached hydrogen (secondary N) is 1. The second kappa shape index (κ2) is 7.56. The van der Waals surface area contributed by atoms with Gasteiger partial charge in [-0.1, -0.05) is 18.2 Å². The molecule has 0 bridgehead atoms. The fraction of sp³-hybridized carbons (Fsp3) is 0.333. The van der Waals surface area contributed by atoms with Gasteiger partial charge in [-0.2, -0.15) is 0 Å². The van der Waals surface area contributed by atoms with Crippen LogP contribution in [0.4, 0.5) is 5.95 Å². The number of imidazole rings is 1. The third-order valence-corrected chi connectivity index (χ3v) is 6.24. The van der Waals surface area contributed by atoms with Crippen LogP contribution >= 0.6 is 0 Å². The summed E-state index contributed by atoms with van der Waals surface area (Å²) >= 11 is 0. The average molecular weight is 432 g/mol. The van der Waals surface area contributed by atoms with Gasteiger partial charge in [0, 0.05) is 18.8 Å². The molecule has 8 heteroatoms. The van der Waals surface area contributed by atoms with Crippen LogP contribution in [-0.2, 0) is 9.53 Å². The number of carbonyl (C=O) groups is 1. The van der Waals surface area contributed by atoms with Crippen LogP contribution in [0.5, 0.6) is 11.5 Å². The summed E-state index contributed by atoms with van der Waals surface area (Å²) in [5.74, 6) is 2.17. The van der Waals surface area contributed by atoms with Gasteiger partial charge in [0.25, 0.3) is 5.91 Å². The summed E-state index contributed by atoms with van der Waals surface area (Å²) in [6.45, 7) is 5.27. The minimum absolute atomic E-state index is 0.0154. The van der Waals surface area contributed by atoms with Crippen molar-refractivity contribution in [1.29, 1.82) is 0 Å². The van der Waals surface area contributed by atoms with E-state index in [-0.39, 0.29) is 11.9 Å². The summed E-state index contributed by atoms with van der Waals surface area (Å²) in [6.07, 6.45) is 0. The van der Waals surface area contributed by atoms with Crippen molar-refractivity contribution >= 4 is 22.9 Å². The number of morpholine rings is 1. The predicted molar refractivity (Wildman–Crippen MR) is 119 cm³/mol. The van der Waals surface area contributed by atoms with Gasteiger partial charge in [-0.3, -0.25) is 9.36 Å². The highest BCUT2D eigenvalue weighted by Gasteiger charge is 2.37. The van der Waals surface area contributed by atoms with Crippen molar-refractivity contribution in [3.63, 3.8) is 0 Å². The Labute approximate surface area is 185 Å². The Hall–Kier alpha value is -3.52. The Morgan fingerprint density at radius 2 is 1.81 bits per heavy atom. The maximum atomic E-state index is 13.8. The standard InChI is InChI=1S/C24H24N4O4/c1-15-21(23(29)27-8-10-30-11-9-27)22(16-6-7-19-20(14-16)32-13-12-31-19)28-18-5-3-2-4-17(18)26-24(28)25-15/h2-7,14,22H,8-13H2,1H3,(H,25,26). The van der Waals surface area contributed by atoms with Gasteiger partial charge < -0.3 is 24.4 Å². The topological polar surface area (TPSA) is 77.8 Å². The van der Waals surface area contributed by atoms with E-state index in [1.165, 1.54) is 0 Å². The van der Waals surface area contributed by atoms with E-state index in [1.54, 1.807) is 0 Å². The lowest BCUT2D eigenvalue weighted by molar-refractivity contribution is -0.131. The average Bonchev–Trinajstić information content (AvgIpc) is 3.21. The molecule has 3 aliphatic heterocycles. The van der Waals surface area contributed by atoms with Crippen LogP contribution in [0.3, 0.4) is 0 Å². The van der Waals surface area contributed by atoms with Crippen LogP contribution in [0.2, 0.25) is 0 Å². The first-order valence-electron chi connectivity index (χ1n) is 10.9. The molecule has 3 aromatic rings. The Balaban J connectivity index is 1.53. The number of hydrogen-bond acceptors (Lipinski definition) is 6. The van der Waals surface area contributed by atoms with E-state index in [1.807, 2.05) is 54.3 Å². The van der Waals surface area contributed by atoms with E-state index >= 15 is 0 Å². The minimum atomic E-state index is -0.343. The summed E-state index contributed by atoms with van der Waals surface area (Å²) in [7, 11) is 0. The number of nitrogens with zero attached hydrogens (tertiary/aromatic N) is 3. The maximum Gasteiger partial charge on any atom is 0.254 e. The van der Waals surface area contributed by atoms with Gasteiger partial charge in [-0.05, 0) is 36.8 Å². The molecule has 4 heterocycles. The van der Waals surface area contributed by atoms with E-state index in [9.17, 15) is 4.79 Å². The number of benzene rings is 2. The van der Waals surface area contributed by atoms with Gasteiger partial charge >= 0.3 is 0 Å². The summed E-state index contributed by atoms with van der Waals surface area (Å²) in [4.78, 5) is 20.5. The molecule has 164 valence electrons. The molecule has 0 aliphatic carbocycles. The Bertz CT molecular complexity index is 1240. The van der Waals surface area contributed by atoms with Crippen molar-refractivity contribution in [2.45, 2.75) is 13.0 Å². The third kappa shape index (κ3) is 3.02. The summed E-state index contributed by atoms with van der Waals surface area (Å²) in [6, 6.07) is 13.6. The summed E-state index contributed by atoms with van der Waals surface area (Å²) in [5, 5.41) is 3.38. The van der Waals surface area contributed by atoms with Crippen molar-refractivity contribution in [2.24, 2.45) is 0 Å². The van der Waals surface area contributed by atoms with Crippen LogP contribution in [0.1, 0.15) is 18.5 Å². The first-order chi connectivity index (χ1) is 15.7. The van der Waals surface area contributed by atoms with E-state index in [0.717, 1.165) is 34.0 Å². The first-order valence-corrected chi connectivity index (χ1v) is 10.9. The van der Waals surface area contributed by atoms with Crippen LogP contribution in [0.25, 0.3) is 11.0 Å². The molecule has 1 atom stereocenters. The molecule has 3 aliphatic rings. The Morgan fingerprint density at radius 1 is 1.03 bits per heavy atom. The second-order valence-corrected chi connectivity index (χ2v) is 8.17. The quantitative estimate of drug-likeness (QED) is 0.671. The number of allylic oxidation sites excluding steroid dienone is 1. The largest absolute Gasteiger partial charge is 0.486 e. The molecular formula is C24H24N4O4. The zero-order chi connectivity index (χ0) is 21.7. The Morgan fingerprint density at radius 3 is 2.66 bits per heavy atom. The monoisotopic (exact) mass is 432 g/mol.